The van der Waals surface area contributed by atoms with E-state index in [1.807, 2.05) is 0 Å². The van der Waals surface area contributed by atoms with Crippen molar-refractivity contribution in [3.8, 4) is 0 Å². The van der Waals surface area contributed by atoms with Crippen LogP contribution in [0.2, 0.25) is 0 Å². The monoisotopic (exact) mass is 394 g/mol. The molecule has 2 aromatic rings. The Kier molecular flexibility index (Phi) is 5.45. The molecule has 0 aliphatic rings. The molecule has 0 aliphatic carbocycles. The second-order valence-corrected chi connectivity index (χ2v) is 7.17. The molecule has 0 nitrogen and oxygen atoms in total. The third-order valence-electron chi connectivity index (χ3n) is 3.92. The van der Waals surface area contributed by atoms with E-state index < -0.39 is 0 Å². The highest BCUT2D eigenvalue weighted by Crippen LogP contribution is 2.35. The molecule has 106 valence electrons. The average Bonchev–Trinajstić information content (AvgIpc) is 2.48. The van der Waals surface area contributed by atoms with E-state index in [9.17, 15) is 0 Å². The highest BCUT2D eigenvalue weighted by atomic mass is 79.9. The van der Waals surface area contributed by atoms with Gasteiger partial charge >= 0.3 is 0 Å². The quantitative estimate of drug-likeness (QED) is 0.502. The molecule has 0 heterocycles. The highest BCUT2D eigenvalue weighted by molar-refractivity contribution is 9.10. The van der Waals surface area contributed by atoms with Crippen molar-refractivity contribution >= 4 is 31.9 Å². The van der Waals surface area contributed by atoms with Crippen LogP contribution in [-0.2, 0) is 0 Å². The molecule has 2 rings (SSSR count). The molecule has 0 aromatic heterocycles. The zero-order valence-corrected chi connectivity index (χ0v) is 15.3. The van der Waals surface area contributed by atoms with Gasteiger partial charge in [-0.25, -0.2) is 0 Å². The predicted octanol–water partition coefficient (Wildman–Crippen LogP) is 6.76. The van der Waals surface area contributed by atoms with Gasteiger partial charge in [0.1, 0.15) is 0 Å². The highest BCUT2D eigenvalue weighted by Gasteiger charge is 2.13. The van der Waals surface area contributed by atoms with Crippen LogP contribution in [0.3, 0.4) is 0 Å². The van der Waals surface area contributed by atoms with Gasteiger partial charge in [0.05, 0.1) is 4.83 Å². The lowest BCUT2D eigenvalue weighted by atomic mass is 9.95. The number of rotatable bonds is 4. The van der Waals surface area contributed by atoms with Gasteiger partial charge in [-0.15, -0.1) is 0 Å². The molecule has 0 fully saturated rings. The molecular weight excluding hydrogens is 376 g/mol. The van der Waals surface area contributed by atoms with Crippen LogP contribution in [0.1, 0.15) is 53.3 Å². The summed E-state index contributed by atoms with van der Waals surface area (Å²) in [7, 11) is 0. The van der Waals surface area contributed by atoms with Gasteiger partial charge in [-0.3, -0.25) is 0 Å². The Labute approximate surface area is 138 Å². The Morgan fingerprint density at radius 1 is 1.00 bits per heavy atom. The van der Waals surface area contributed by atoms with Crippen LogP contribution >= 0.6 is 31.9 Å². The predicted molar refractivity (Wildman–Crippen MR) is 94.8 cm³/mol. The van der Waals surface area contributed by atoms with Gasteiger partial charge in [-0.1, -0.05) is 76.0 Å². The Bertz CT molecular complexity index is 572. The molecule has 0 saturated heterocycles. The van der Waals surface area contributed by atoms with Gasteiger partial charge in [-0.05, 0) is 53.6 Å². The maximum Gasteiger partial charge on any atom is 0.0647 e. The molecule has 2 aromatic carbocycles. The first-order chi connectivity index (χ1) is 9.52. The van der Waals surface area contributed by atoms with Crippen LogP contribution in [0, 0.1) is 6.92 Å². The van der Waals surface area contributed by atoms with Crippen LogP contribution < -0.4 is 0 Å². The van der Waals surface area contributed by atoms with Gasteiger partial charge < -0.3 is 0 Å². The molecule has 2 atom stereocenters. The second-order valence-electron chi connectivity index (χ2n) is 5.34. The summed E-state index contributed by atoms with van der Waals surface area (Å²) in [5.74, 6) is 0.630. The van der Waals surface area contributed by atoms with Gasteiger partial charge in [0.25, 0.3) is 0 Å². The zero-order valence-electron chi connectivity index (χ0n) is 12.2. The SMILES string of the molecule is CCC(C)c1ccc(C(Br)c2cc(Br)ccc2C)cc1. The maximum atomic E-state index is 3.84. The summed E-state index contributed by atoms with van der Waals surface area (Å²) in [6.45, 7) is 6.67. The lowest BCUT2D eigenvalue weighted by Gasteiger charge is -2.16. The Balaban J connectivity index is 2.29. The largest absolute Gasteiger partial charge is 0.0786 e. The average molecular weight is 396 g/mol. The summed E-state index contributed by atoms with van der Waals surface area (Å²) < 4.78 is 1.12. The lowest BCUT2D eigenvalue weighted by Crippen LogP contribution is -1.97. The third-order valence-corrected chi connectivity index (χ3v) is 5.44. The summed E-state index contributed by atoms with van der Waals surface area (Å²) >= 11 is 7.39. The fourth-order valence-electron chi connectivity index (χ4n) is 2.29. The third kappa shape index (κ3) is 3.53. The van der Waals surface area contributed by atoms with E-state index in [0.29, 0.717) is 5.92 Å². The minimum absolute atomic E-state index is 0.242. The first-order valence-electron chi connectivity index (χ1n) is 7.03. The molecule has 0 aliphatic heterocycles. The summed E-state index contributed by atoms with van der Waals surface area (Å²) in [6, 6.07) is 15.4. The normalized spacial score (nSPS) is 14.1. The number of alkyl halides is 1. The molecule has 2 heteroatoms. The minimum atomic E-state index is 0.242. The summed E-state index contributed by atoms with van der Waals surface area (Å²) in [5.41, 5.74) is 5.34. The van der Waals surface area contributed by atoms with Crippen molar-refractivity contribution in [2.45, 2.75) is 37.9 Å². The van der Waals surface area contributed by atoms with Crippen molar-refractivity contribution in [2.75, 3.05) is 0 Å². The fraction of sp³-hybridized carbons (Fsp3) is 0.333. The summed E-state index contributed by atoms with van der Waals surface area (Å²) in [6.07, 6.45) is 1.18. The van der Waals surface area contributed by atoms with E-state index in [0.717, 1.165) is 4.47 Å². The smallest absolute Gasteiger partial charge is 0.0647 e. The van der Waals surface area contributed by atoms with Gasteiger partial charge in [0, 0.05) is 4.47 Å². The Hall–Kier alpha value is -0.600. The molecule has 0 radical (unpaired) electrons. The standard InChI is InChI=1S/C18H20Br2/c1-4-12(2)14-6-8-15(9-7-14)18(20)17-11-16(19)10-5-13(17)3/h5-12,18H,4H2,1-3H3. The maximum absolute atomic E-state index is 3.84. The molecule has 0 spiro atoms. The van der Waals surface area contributed by atoms with Crippen molar-refractivity contribution in [2.24, 2.45) is 0 Å². The zero-order chi connectivity index (χ0) is 14.7. The number of aryl methyl sites for hydroxylation is 1. The topological polar surface area (TPSA) is 0 Å². The number of benzene rings is 2. The van der Waals surface area contributed by atoms with Crippen molar-refractivity contribution in [1.82, 2.24) is 0 Å². The number of hydrogen-bond acceptors (Lipinski definition) is 0. The van der Waals surface area contributed by atoms with Crippen molar-refractivity contribution < 1.29 is 0 Å². The van der Waals surface area contributed by atoms with E-state index in [-0.39, 0.29) is 4.83 Å². The lowest BCUT2D eigenvalue weighted by molar-refractivity contribution is 0.733. The van der Waals surface area contributed by atoms with E-state index >= 15 is 0 Å². The Morgan fingerprint density at radius 3 is 2.20 bits per heavy atom. The molecule has 0 amide bonds. The molecule has 0 bridgehead atoms. The van der Waals surface area contributed by atoms with Crippen molar-refractivity contribution in [1.29, 1.82) is 0 Å². The molecule has 0 N–H and O–H groups in total. The van der Waals surface area contributed by atoms with E-state index in [1.54, 1.807) is 0 Å². The number of hydrogen-bond donors (Lipinski definition) is 0. The van der Waals surface area contributed by atoms with Crippen LogP contribution in [0.25, 0.3) is 0 Å². The van der Waals surface area contributed by atoms with Crippen molar-refractivity contribution in [3.63, 3.8) is 0 Å². The van der Waals surface area contributed by atoms with E-state index in [4.69, 9.17) is 0 Å². The van der Waals surface area contributed by atoms with E-state index in [1.165, 1.54) is 28.7 Å². The first-order valence-corrected chi connectivity index (χ1v) is 8.73. The van der Waals surface area contributed by atoms with Gasteiger partial charge in [-0.2, -0.15) is 0 Å². The van der Waals surface area contributed by atoms with Crippen LogP contribution in [0.15, 0.2) is 46.9 Å². The summed E-state index contributed by atoms with van der Waals surface area (Å²) in [5, 5.41) is 0. The van der Waals surface area contributed by atoms with Crippen LogP contribution in [0.4, 0.5) is 0 Å². The molecule has 0 saturated carbocycles. The molecular formula is C18H20Br2. The second kappa shape index (κ2) is 6.91. The van der Waals surface area contributed by atoms with Gasteiger partial charge in [0.15, 0.2) is 0 Å². The van der Waals surface area contributed by atoms with E-state index in [2.05, 4.69) is 95.1 Å². The fourth-order valence-corrected chi connectivity index (χ4v) is 3.47. The first kappa shape index (κ1) is 15.8. The minimum Gasteiger partial charge on any atom is -0.0786 e. The summed E-state index contributed by atoms with van der Waals surface area (Å²) in [4.78, 5) is 0.242. The number of halogens is 2. The Morgan fingerprint density at radius 2 is 1.60 bits per heavy atom. The van der Waals surface area contributed by atoms with Crippen LogP contribution in [0.5, 0.6) is 0 Å². The van der Waals surface area contributed by atoms with Crippen LogP contribution in [-0.4, -0.2) is 0 Å². The molecule has 20 heavy (non-hydrogen) atoms. The van der Waals surface area contributed by atoms with Crippen molar-refractivity contribution in [3.05, 3.63) is 69.2 Å². The van der Waals surface area contributed by atoms with Gasteiger partial charge in [0.2, 0.25) is 0 Å². The molecule has 2 unspecified atom stereocenters.